The number of carbonyl (C=O) groups excluding carboxylic acids is 1. The van der Waals surface area contributed by atoms with Gasteiger partial charge in [-0.05, 0) is 24.1 Å². The van der Waals surface area contributed by atoms with Crippen molar-refractivity contribution in [3.63, 3.8) is 0 Å². The van der Waals surface area contributed by atoms with Gasteiger partial charge in [-0.15, -0.1) is 11.6 Å². The Bertz CT molecular complexity index is 546. The Balaban J connectivity index is 2.85. The highest BCUT2D eigenvalue weighted by molar-refractivity contribution is 7.92. The number of amides is 1. The normalized spacial score (nSPS) is 12.8. The number of hydrogen-bond donors (Lipinski definition) is 2. The summed E-state index contributed by atoms with van der Waals surface area (Å²) in [5.74, 6) is -0.184. The predicted octanol–water partition coefficient (Wildman–Crippen LogP) is 1.66. The maximum atomic E-state index is 11.8. The van der Waals surface area contributed by atoms with Gasteiger partial charge in [-0.1, -0.05) is 13.0 Å². The summed E-state index contributed by atoms with van der Waals surface area (Å²) in [6.07, 6.45) is 0. The third kappa shape index (κ3) is 5.08. The SMILES string of the molecule is CNC(=O)c1cccc(NS(=O)(=O)CC(C)CCl)c1. The van der Waals surface area contributed by atoms with Crippen LogP contribution < -0.4 is 10.0 Å². The van der Waals surface area contributed by atoms with E-state index in [1.54, 1.807) is 25.1 Å². The summed E-state index contributed by atoms with van der Waals surface area (Å²) in [4.78, 5) is 11.4. The zero-order valence-electron chi connectivity index (χ0n) is 10.8. The minimum absolute atomic E-state index is 0.0549. The van der Waals surface area contributed by atoms with Gasteiger partial charge in [0.05, 0.1) is 5.75 Å². The van der Waals surface area contributed by atoms with E-state index in [1.165, 1.54) is 13.1 Å². The summed E-state index contributed by atoms with van der Waals surface area (Å²) in [6.45, 7) is 1.76. The number of benzene rings is 1. The molecule has 1 rings (SSSR count). The molecule has 0 aliphatic heterocycles. The van der Waals surface area contributed by atoms with E-state index in [-0.39, 0.29) is 23.5 Å². The maximum Gasteiger partial charge on any atom is 0.251 e. The molecule has 0 aromatic heterocycles. The van der Waals surface area contributed by atoms with Crippen molar-refractivity contribution in [2.75, 3.05) is 23.4 Å². The van der Waals surface area contributed by atoms with Crippen LogP contribution in [0.15, 0.2) is 24.3 Å². The first-order chi connectivity index (χ1) is 8.88. The smallest absolute Gasteiger partial charge is 0.251 e. The quantitative estimate of drug-likeness (QED) is 0.785. The fraction of sp³-hybridized carbons (Fsp3) is 0.417. The molecule has 2 N–H and O–H groups in total. The molecule has 0 saturated carbocycles. The zero-order valence-corrected chi connectivity index (χ0v) is 12.4. The van der Waals surface area contributed by atoms with Gasteiger partial charge < -0.3 is 5.32 Å². The molecule has 0 bridgehead atoms. The molecule has 0 spiro atoms. The van der Waals surface area contributed by atoms with E-state index in [0.717, 1.165) is 0 Å². The summed E-state index contributed by atoms with van der Waals surface area (Å²) in [7, 11) is -1.95. The standard InChI is InChI=1S/C12H17ClN2O3S/c1-9(7-13)8-19(17,18)15-11-5-3-4-10(6-11)12(16)14-2/h3-6,9,15H,7-8H2,1-2H3,(H,14,16). The molecule has 106 valence electrons. The van der Waals surface area contributed by atoms with Gasteiger partial charge in [0.1, 0.15) is 0 Å². The van der Waals surface area contributed by atoms with Gasteiger partial charge in [-0.3, -0.25) is 9.52 Å². The summed E-state index contributed by atoms with van der Waals surface area (Å²) in [6, 6.07) is 6.31. The Labute approximate surface area is 118 Å². The minimum Gasteiger partial charge on any atom is -0.355 e. The van der Waals surface area contributed by atoms with Crippen molar-refractivity contribution in [1.82, 2.24) is 5.32 Å². The van der Waals surface area contributed by atoms with Crippen molar-refractivity contribution < 1.29 is 13.2 Å². The first kappa shape index (κ1) is 15.8. The monoisotopic (exact) mass is 304 g/mol. The van der Waals surface area contributed by atoms with E-state index in [9.17, 15) is 13.2 Å². The summed E-state index contributed by atoms with van der Waals surface area (Å²) < 4.78 is 26.1. The first-order valence-corrected chi connectivity index (χ1v) is 7.95. The Hall–Kier alpha value is -1.27. The van der Waals surface area contributed by atoms with Crippen molar-refractivity contribution in [3.05, 3.63) is 29.8 Å². The highest BCUT2D eigenvalue weighted by Gasteiger charge is 2.15. The molecule has 0 saturated heterocycles. The first-order valence-electron chi connectivity index (χ1n) is 5.76. The Morgan fingerprint density at radius 3 is 2.68 bits per heavy atom. The van der Waals surface area contributed by atoms with Gasteiger partial charge in [-0.2, -0.15) is 0 Å². The van der Waals surface area contributed by atoms with Crippen LogP contribution >= 0.6 is 11.6 Å². The second-order valence-electron chi connectivity index (χ2n) is 4.30. The van der Waals surface area contributed by atoms with E-state index in [2.05, 4.69) is 10.0 Å². The lowest BCUT2D eigenvalue weighted by molar-refractivity contribution is 0.0963. The van der Waals surface area contributed by atoms with Crippen LogP contribution in [0, 0.1) is 5.92 Å². The molecular weight excluding hydrogens is 288 g/mol. The number of rotatable bonds is 6. The summed E-state index contributed by atoms with van der Waals surface area (Å²) >= 11 is 5.60. The van der Waals surface area contributed by atoms with Gasteiger partial charge >= 0.3 is 0 Å². The van der Waals surface area contributed by atoms with E-state index in [4.69, 9.17) is 11.6 Å². The molecule has 0 radical (unpaired) electrons. The number of carbonyl (C=O) groups is 1. The van der Waals surface area contributed by atoms with Gasteiger partial charge in [0.25, 0.3) is 5.91 Å². The average Bonchev–Trinajstić information content (AvgIpc) is 2.36. The van der Waals surface area contributed by atoms with Crippen LogP contribution in [0.2, 0.25) is 0 Å². The van der Waals surface area contributed by atoms with Crippen molar-refractivity contribution in [1.29, 1.82) is 0 Å². The number of anilines is 1. The van der Waals surface area contributed by atoms with Crippen molar-refractivity contribution in [2.24, 2.45) is 5.92 Å². The molecule has 1 aromatic carbocycles. The van der Waals surface area contributed by atoms with E-state index in [0.29, 0.717) is 11.3 Å². The summed E-state index contributed by atoms with van der Waals surface area (Å²) in [5.41, 5.74) is 0.760. The molecule has 7 heteroatoms. The van der Waals surface area contributed by atoms with Crippen LogP contribution in [0.4, 0.5) is 5.69 Å². The number of alkyl halides is 1. The molecule has 19 heavy (non-hydrogen) atoms. The number of hydrogen-bond acceptors (Lipinski definition) is 3. The third-order valence-electron chi connectivity index (χ3n) is 2.39. The van der Waals surface area contributed by atoms with Gasteiger partial charge in [0, 0.05) is 24.2 Å². The lowest BCUT2D eigenvalue weighted by Gasteiger charge is -2.11. The molecule has 0 aliphatic carbocycles. The van der Waals surface area contributed by atoms with E-state index < -0.39 is 10.0 Å². The van der Waals surface area contributed by atoms with Crippen molar-refractivity contribution in [2.45, 2.75) is 6.92 Å². The van der Waals surface area contributed by atoms with Crippen molar-refractivity contribution >= 4 is 33.2 Å². The lowest BCUT2D eigenvalue weighted by atomic mass is 10.2. The minimum atomic E-state index is -3.46. The van der Waals surface area contributed by atoms with Gasteiger partial charge in [0.2, 0.25) is 10.0 Å². The Morgan fingerprint density at radius 1 is 1.42 bits per heavy atom. The van der Waals surface area contributed by atoms with Crippen LogP contribution in [0.25, 0.3) is 0 Å². The van der Waals surface area contributed by atoms with Crippen molar-refractivity contribution in [3.8, 4) is 0 Å². The topological polar surface area (TPSA) is 75.3 Å². The van der Waals surface area contributed by atoms with E-state index >= 15 is 0 Å². The Morgan fingerprint density at radius 2 is 2.11 bits per heavy atom. The molecule has 0 fully saturated rings. The van der Waals surface area contributed by atoms with Crippen LogP contribution in [0.3, 0.4) is 0 Å². The van der Waals surface area contributed by atoms with Gasteiger partial charge in [-0.25, -0.2) is 8.42 Å². The van der Waals surface area contributed by atoms with Crippen LogP contribution in [-0.2, 0) is 10.0 Å². The largest absolute Gasteiger partial charge is 0.355 e. The fourth-order valence-electron chi connectivity index (χ4n) is 1.51. The molecule has 1 amide bonds. The van der Waals surface area contributed by atoms with Crippen LogP contribution in [0.5, 0.6) is 0 Å². The summed E-state index contributed by atoms with van der Waals surface area (Å²) in [5, 5.41) is 2.48. The Kier molecular flexibility index (Phi) is 5.62. The molecule has 0 aliphatic rings. The molecule has 1 unspecified atom stereocenters. The molecule has 1 atom stereocenters. The maximum absolute atomic E-state index is 11.8. The third-order valence-corrected chi connectivity index (χ3v) is 4.47. The number of nitrogens with one attached hydrogen (secondary N) is 2. The highest BCUT2D eigenvalue weighted by atomic mass is 35.5. The average molecular weight is 305 g/mol. The molecule has 5 nitrogen and oxygen atoms in total. The zero-order chi connectivity index (χ0) is 14.5. The second-order valence-corrected chi connectivity index (χ2v) is 6.38. The highest BCUT2D eigenvalue weighted by Crippen LogP contribution is 2.14. The molecular formula is C12H17ClN2O3S. The number of halogens is 1. The fourth-order valence-corrected chi connectivity index (χ4v) is 3.18. The second kappa shape index (κ2) is 6.77. The lowest BCUT2D eigenvalue weighted by Crippen LogP contribution is -2.22. The predicted molar refractivity (Wildman–Crippen MR) is 77.1 cm³/mol. The van der Waals surface area contributed by atoms with Crippen LogP contribution in [0.1, 0.15) is 17.3 Å². The molecule has 0 heterocycles. The number of sulfonamides is 1. The molecule has 1 aromatic rings. The van der Waals surface area contributed by atoms with Gasteiger partial charge in [0.15, 0.2) is 0 Å². The van der Waals surface area contributed by atoms with E-state index in [1.807, 2.05) is 0 Å². The van der Waals surface area contributed by atoms with Crippen LogP contribution in [-0.4, -0.2) is 33.0 Å².